The van der Waals surface area contributed by atoms with Crippen LogP contribution in [0.25, 0.3) is 0 Å². The normalized spacial score (nSPS) is 11.4. The molecular formula is C11H17N3O. The first kappa shape index (κ1) is 11.5. The van der Waals surface area contributed by atoms with Gasteiger partial charge in [0.05, 0.1) is 0 Å². The molecule has 4 heteroatoms. The summed E-state index contributed by atoms with van der Waals surface area (Å²) in [7, 11) is 0. The van der Waals surface area contributed by atoms with E-state index < -0.39 is 0 Å². The number of hydrogen-bond acceptors (Lipinski definition) is 2. The summed E-state index contributed by atoms with van der Waals surface area (Å²) in [5.41, 5.74) is 6.60. The number of unbranched alkanes of at least 4 members (excludes halogenated alkanes) is 1. The average Bonchev–Trinajstić information content (AvgIpc) is 2.26. The van der Waals surface area contributed by atoms with Gasteiger partial charge in [-0.25, -0.2) is 0 Å². The van der Waals surface area contributed by atoms with Crippen molar-refractivity contribution in [2.75, 3.05) is 18.5 Å². The number of nitrogens with zero attached hydrogens (tertiary/aromatic N) is 1. The molecular weight excluding hydrogens is 190 g/mol. The van der Waals surface area contributed by atoms with Crippen LogP contribution in [-0.2, 0) is 0 Å². The lowest BCUT2D eigenvalue weighted by Crippen LogP contribution is -2.22. The first-order valence-corrected chi connectivity index (χ1v) is 5.06. The van der Waals surface area contributed by atoms with Gasteiger partial charge in [0.2, 0.25) is 0 Å². The quantitative estimate of drug-likeness (QED) is 0.386. The van der Waals surface area contributed by atoms with Gasteiger partial charge in [-0.1, -0.05) is 18.2 Å². The second-order valence-corrected chi connectivity index (χ2v) is 3.19. The van der Waals surface area contributed by atoms with Gasteiger partial charge in [0.1, 0.15) is 0 Å². The Hall–Kier alpha value is -1.55. The summed E-state index contributed by atoms with van der Waals surface area (Å²) in [6, 6.07) is 9.66. The lowest BCUT2D eigenvalue weighted by molar-refractivity contribution is 0.285. The Kier molecular flexibility index (Phi) is 5.25. The Morgan fingerprint density at radius 1 is 1.27 bits per heavy atom. The van der Waals surface area contributed by atoms with Crippen molar-refractivity contribution in [1.82, 2.24) is 0 Å². The van der Waals surface area contributed by atoms with Crippen molar-refractivity contribution in [3.63, 3.8) is 0 Å². The van der Waals surface area contributed by atoms with Crippen LogP contribution in [0.3, 0.4) is 0 Å². The molecule has 0 atom stereocenters. The van der Waals surface area contributed by atoms with E-state index in [2.05, 4.69) is 10.3 Å². The number of guanidine groups is 1. The van der Waals surface area contributed by atoms with Gasteiger partial charge in [-0.2, -0.15) is 0 Å². The zero-order valence-electron chi connectivity index (χ0n) is 8.69. The Morgan fingerprint density at radius 2 is 2.00 bits per heavy atom. The van der Waals surface area contributed by atoms with Crippen molar-refractivity contribution < 1.29 is 5.11 Å². The fourth-order valence-electron chi connectivity index (χ4n) is 1.13. The third-order valence-corrected chi connectivity index (χ3v) is 1.89. The summed E-state index contributed by atoms with van der Waals surface area (Å²) >= 11 is 0. The highest BCUT2D eigenvalue weighted by Crippen LogP contribution is 2.03. The predicted octanol–water partition coefficient (Wildman–Crippen LogP) is 1.19. The van der Waals surface area contributed by atoms with Crippen LogP contribution in [0.1, 0.15) is 12.8 Å². The average molecular weight is 207 g/mol. The molecule has 0 aliphatic heterocycles. The number of hydrogen-bond donors (Lipinski definition) is 3. The highest BCUT2D eigenvalue weighted by Gasteiger charge is 1.92. The summed E-state index contributed by atoms with van der Waals surface area (Å²) in [6.45, 7) is 0.855. The van der Waals surface area contributed by atoms with E-state index in [-0.39, 0.29) is 6.61 Å². The van der Waals surface area contributed by atoms with Crippen LogP contribution in [0.4, 0.5) is 5.69 Å². The van der Waals surface area contributed by atoms with Gasteiger partial charge < -0.3 is 16.2 Å². The Morgan fingerprint density at radius 3 is 2.67 bits per heavy atom. The monoisotopic (exact) mass is 207 g/mol. The molecule has 0 unspecified atom stereocenters. The van der Waals surface area contributed by atoms with Crippen LogP contribution < -0.4 is 11.1 Å². The molecule has 1 aromatic carbocycles. The van der Waals surface area contributed by atoms with E-state index in [1.54, 1.807) is 0 Å². The van der Waals surface area contributed by atoms with Crippen molar-refractivity contribution in [2.24, 2.45) is 10.7 Å². The molecule has 82 valence electrons. The number of nitrogens with one attached hydrogen (secondary N) is 1. The minimum atomic E-state index is 0.210. The van der Waals surface area contributed by atoms with Crippen LogP contribution in [0.15, 0.2) is 35.3 Å². The van der Waals surface area contributed by atoms with Gasteiger partial charge in [0.25, 0.3) is 0 Å². The van der Waals surface area contributed by atoms with E-state index in [1.807, 2.05) is 30.3 Å². The van der Waals surface area contributed by atoms with Crippen molar-refractivity contribution in [3.8, 4) is 0 Å². The van der Waals surface area contributed by atoms with Crippen LogP contribution >= 0.6 is 0 Å². The fourth-order valence-corrected chi connectivity index (χ4v) is 1.13. The standard InChI is InChI=1S/C11H17N3O/c12-11(13-8-4-5-9-15)14-10-6-2-1-3-7-10/h1-3,6-7,15H,4-5,8-9H2,(H3,12,13,14). The molecule has 0 radical (unpaired) electrons. The molecule has 1 rings (SSSR count). The number of aliphatic hydroxyl groups excluding tert-OH is 1. The van der Waals surface area contributed by atoms with Gasteiger partial charge in [-0.05, 0) is 25.0 Å². The molecule has 0 saturated heterocycles. The number of aliphatic hydroxyl groups is 1. The largest absolute Gasteiger partial charge is 0.396 e. The third-order valence-electron chi connectivity index (χ3n) is 1.89. The molecule has 4 N–H and O–H groups in total. The SMILES string of the molecule is NC(=NCCCCO)Nc1ccccc1. The lowest BCUT2D eigenvalue weighted by Gasteiger charge is -2.04. The van der Waals surface area contributed by atoms with Gasteiger partial charge >= 0.3 is 0 Å². The fraction of sp³-hybridized carbons (Fsp3) is 0.364. The van der Waals surface area contributed by atoms with E-state index in [0.29, 0.717) is 12.5 Å². The van der Waals surface area contributed by atoms with Crippen LogP contribution in [0, 0.1) is 0 Å². The molecule has 0 saturated carbocycles. The van der Waals surface area contributed by atoms with Crippen molar-refractivity contribution in [3.05, 3.63) is 30.3 Å². The second kappa shape index (κ2) is 6.84. The van der Waals surface area contributed by atoms with Crippen molar-refractivity contribution in [2.45, 2.75) is 12.8 Å². The van der Waals surface area contributed by atoms with Crippen LogP contribution in [-0.4, -0.2) is 24.2 Å². The molecule has 15 heavy (non-hydrogen) atoms. The maximum Gasteiger partial charge on any atom is 0.193 e. The first-order chi connectivity index (χ1) is 7.33. The topological polar surface area (TPSA) is 70.6 Å². The van der Waals surface area contributed by atoms with E-state index in [9.17, 15) is 0 Å². The molecule has 0 aliphatic rings. The summed E-state index contributed by atoms with van der Waals surface area (Å²) in [5.74, 6) is 0.416. The number of rotatable bonds is 5. The van der Waals surface area contributed by atoms with Crippen molar-refractivity contribution in [1.29, 1.82) is 0 Å². The van der Waals surface area contributed by atoms with E-state index in [0.717, 1.165) is 18.5 Å². The van der Waals surface area contributed by atoms with E-state index in [1.165, 1.54) is 0 Å². The van der Waals surface area contributed by atoms with Crippen LogP contribution in [0.5, 0.6) is 0 Å². The molecule has 0 fully saturated rings. The second-order valence-electron chi connectivity index (χ2n) is 3.19. The maximum absolute atomic E-state index is 8.57. The smallest absolute Gasteiger partial charge is 0.193 e. The minimum absolute atomic E-state index is 0.210. The van der Waals surface area contributed by atoms with Gasteiger partial charge in [-0.15, -0.1) is 0 Å². The first-order valence-electron chi connectivity index (χ1n) is 5.06. The highest BCUT2D eigenvalue weighted by molar-refractivity contribution is 5.92. The molecule has 0 spiro atoms. The highest BCUT2D eigenvalue weighted by atomic mass is 16.2. The van der Waals surface area contributed by atoms with Crippen LogP contribution in [0.2, 0.25) is 0 Å². The predicted molar refractivity (Wildman–Crippen MR) is 62.9 cm³/mol. The van der Waals surface area contributed by atoms with E-state index >= 15 is 0 Å². The maximum atomic E-state index is 8.57. The summed E-state index contributed by atoms with van der Waals surface area (Å²) in [4.78, 5) is 4.13. The molecule has 0 aromatic heterocycles. The molecule has 0 aliphatic carbocycles. The van der Waals surface area contributed by atoms with Gasteiger partial charge in [0.15, 0.2) is 5.96 Å². The van der Waals surface area contributed by atoms with E-state index in [4.69, 9.17) is 10.8 Å². The van der Waals surface area contributed by atoms with Gasteiger partial charge in [-0.3, -0.25) is 4.99 Å². The zero-order chi connectivity index (χ0) is 10.9. The Labute approximate surface area is 89.8 Å². The molecule has 1 aromatic rings. The number of nitrogens with two attached hydrogens (primary N) is 1. The van der Waals surface area contributed by atoms with Crippen molar-refractivity contribution >= 4 is 11.6 Å². The number of anilines is 1. The summed E-state index contributed by atoms with van der Waals surface area (Å²) in [6.07, 6.45) is 1.62. The summed E-state index contributed by atoms with van der Waals surface area (Å²) in [5, 5.41) is 11.6. The Bertz CT molecular complexity index is 298. The minimum Gasteiger partial charge on any atom is -0.396 e. The lowest BCUT2D eigenvalue weighted by atomic mass is 10.3. The summed E-state index contributed by atoms with van der Waals surface area (Å²) < 4.78 is 0. The zero-order valence-corrected chi connectivity index (χ0v) is 8.69. The molecule has 0 heterocycles. The molecule has 0 bridgehead atoms. The number of para-hydroxylation sites is 1. The molecule has 0 amide bonds. The third kappa shape index (κ3) is 5.02. The number of benzene rings is 1. The van der Waals surface area contributed by atoms with Gasteiger partial charge in [0, 0.05) is 18.8 Å². The number of aliphatic imine (C=N–C) groups is 1. The molecule has 4 nitrogen and oxygen atoms in total. The Balaban J connectivity index is 2.32.